The van der Waals surface area contributed by atoms with Gasteiger partial charge in [-0.15, -0.1) is 0 Å². The number of carboxylic acids is 3. The van der Waals surface area contributed by atoms with Crippen molar-refractivity contribution in [3.05, 3.63) is 0 Å². The topological polar surface area (TPSA) is 112 Å². The molecule has 0 aromatic carbocycles. The summed E-state index contributed by atoms with van der Waals surface area (Å²) in [6, 6.07) is 0. The summed E-state index contributed by atoms with van der Waals surface area (Å²) >= 11 is 0. The number of carbonyl (C=O) groups is 3. The molecule has 0 saturated heterocycles. The second-order valence-electron chi connectivity index (χ2n) is 2.41. The summed E-state index contributed by atoms with van der Waals surface area (Å²) in [5.74, 6) is -8.27. The van der Waals surface area contributed by atoms with Gasteiger partial charge in [-0.05, 0) is 0 Å². The Morgan fingerprint density at radius 1 is 0.500 bits per heavy atom. The molecule has 0 unspecified atom stereocenters. The molecule has 3 N–H and O–H groups in total. The van der Waals surface area contributed by atoms with E-state index in [0.29, 0.717) is 0 Å². The molecular formula is C6H3EuF9O6. The van der Waals surface area contributed by atoms with Crippen molar-refractivity contribution in [2.24, 2.45) is 0 Å². The zero-order valence-electron chi connectivity index (χ0n) is 9.35. The average molecular weight is 494 g/mol. The monoisotopic (exact) mass is 495 g/mol. The fraction of sp³-hybridized carbons (Fsp3) is 0.500. The van der Waals surface area contributed by atoms with E-state index in [0.717, 1.165) is 0 Å². The average Bonchev–Trinajstić information content (AvgIpc) is 2.14. The molecule has 0 aromatic heterocycles. The van der Waals surface area contributed by atoms with Gasteiger partial charge in [0.1, 0.15) is 0 Å². The second-order valence-corrected chi connectivity index (χ2v) is 2.41. The number of halogens is 9. The number of alkyl halides is 9. The van der Waals surface area contributed by atoms with Crippen LogP contribution in [-0.4, -0.2) is 51.8 Å². The predicted octanol–water partition coefficient (Wildman–Crippen LogP) is 1.90. The van der Waals surface area contributed by atoms with E-state index in [2.05, 4.69) is 0 Å². The van der Waals surface area contributed by atoms with Gasteiger partial charge in [0.2, 0.25) is 0 Å². The van der Waals surface area contributed by atoms with Crippen LogP contribution >= 0.6 is 0 Å². The van der Waals surface area contributed by atoms with E-state index >= 15 is 0 Å². The van der Waals surface area contributed by atoms with E-state index in [4.69, 9.17) is 29.7 Å². The van der Waals surface area contributed by atoms with Gasteiger partial charge in [0.25, 0.3) is 0 Å². The Morgan fingerprint density at radius 3 is 0.545 bits per heavy atom. The minimum atomic E-state index is -5.08. The van der Waals surface area contributed by atoms with Gasteiger partial charge in [0.15, 0.2) is 0 Å². The van der Waals surface area contributed by atoms with Crippen molar-refractivity contribution in [1.29, 1.82) is 0 Å². The third-order valence-electron chi connectivity index (χ3n) is 0.728. The Morgan fingerprint density at radius 2 is 0.545 bits per heavy atom. The molecule has 0 fully saturated rings. The summed E-state index contributed by atoms with van der Waals surface area (Å²) < 4.78 is 95.2. The van der Waals surface area contributed by atoms with Crippen molar-refractivity contribution in [2.45, 2.75) is 18.5 Å². The van der Waals surface area contributed by atoms with Crippen LogP contribution in [-0.2, 0) is 14.4 Å². The van der Waals surface area contributed by atoms with E-state index in [1.165, 1.54) is 0 Å². The van der Waals surface area contributed by atoms with Crippen molar-refractivity contribution in [1.82, 2.24) is 0 Å². The van der Waals surface area contributed by atoms with E-state index in [1.54, 1.807) is 0 Å². The van der Waals surface area contributed by atoms with Gasteiger partial charge >= 0.3 is 36.4 Å². The number of aliphatic carboxylic acids is 3. The summed E-state index contributed by atoms with van der Waals surface area (Å²) in [7, 11) is 0. The largest absolute Gasteiger partial charge is 0.490 e. The maximum Gasteiger partial charge on any atom is 0.490 e. The Balaban J connectivity index is -0.000000108. The zero-order valence-corrected chi connectivity index (χ0v) is 11.8. The van der Waals surface area contributed by atoms with Gasteiger partial charge in [-0.3, -0.25) is 0 Å². The molecule has 0 heterocycles. The maximum atomic E-state index is 10.6. The van der Waals surface area contributed by atoms with Gasteiger partial charge in [0, 0.05) is 49.4 Å². The van der Waals surface area contributed by atoms with Gasteiger partial charge in [-0.1, -0.05) is 0 Å². The Kier molecular flexibility index (Phi) is 14.7. The van der Waals surface area contributed by atoms with Crippen LogP contribution in [0.5, 0.6) is 0 Å². The minimum absolute atomic E-state index is 0. The fourth-order valence-electron chi connectivity index (χ4n) is 0. The molecule has 0 aliphatic rings. The Bertz CT molecular complexity index is 313. The third kappa shape index (κ3) is 21.7. The molecule has 133 valence electrons. The van der Waals surface area contributed by atoms with E-state index in [-0.39, 0.29) is 49.4 Å². The van der Waals surface area contributed by atoms with Crippen LogP contribution in [0.1, 0.15) is 0 Å². The Labute approximate surface area is 154 Å². The molecule has 0 rings (SSSR count). The number of hydrogen-bond donors (Lipinski definition) is 3. The molecule has 16 heteroatoms. The SMILES string of the molecule is O=C(O)C(F)(F)F.O=C(O)C(F)(F)F.O=C(O)C(F)(F)F.[Eu]. The number of hydrogen-bond acceptors (Lipinski definition) is 3. The molecule has 0 amide bonds. The molecule has 0 aliphatic heterocycles. The van der Waals surface area contributed by atoms with Crippen LogP contribution < -0.4 is 0 Å². The van der Waals surface area contributed by atoms with Gasteiger partial charge < -0.3 is 15.3 Å². The van der Waals surface area contributed by atoms with Crippen molar-refractivity contribution in [3.63, 3.8) is 0 Å². The first-order chi connectivity index (χ1) is 8.83. The van der Waals surface area contributed by atoms with Gasteiger partial charge in [-0.25, -0.2) is 14.4 Å². The molecule has 1 radical (unpaired) electrons. The zero-order chi connectivity index (χ0) is 18.2. The standard InChI is InChI=1S/3C2HF3O2.Eu/c3*3-2(4,5)1(6)7;/h3*(H,6,7);. The molecule has 0 aromatic rings. The van der Waals surface area contributed by atoms with Crippen LogP contribution in [0.25, 0.3) is 0 Å². The first kappa shape index (κ1) is 29.4. The molecule has 0 atom stereocenters. The molecule has 0 bridgehead atoms. The van der Waals surface area contributed by atoms with Crippen LogP contribution in [0.2, 0.25) is 0 Å². The smallest absolute Gasteiger partial charge is 0.475 e. The summed E-state index contributed by atoms with van der Waals surface area (Å²) in [6.07, 6.45) is -15.3. The molecule has 0 aliphatic carbocycles. The maximum absolute atomic E-state index is 10.6. The molecule has 22 heavy (non-hydrogen) atoms. The van der Waals surface area contributed by atoms with Crippen molar-refractivity contribution >= 4 is 17.9 Å². The third-order valence-corrected chi connectivity index (χ3v) is 0.728. The summed E-state index contributed by atoms with van der Waals surface area (Å²) in [6.45, 7) is 0. The normalized spacial score (nSPS) is 10.8. The molecule has 6 nitrogen and oxygen atoms in total. The van der Waals surface area contributed by atoms with E-state index in [9.17, 15) is 39.5 Å². The van der Waals surface area contributed by atoms with Crippen molar-refractivity contribution in [3.8, 4) is 0 Å². The molecular weight excluding hydrogens is 491 g/mol. The van der Waals surface area contributed by atoms with Crippen LogP contribution in [0.4, 0.5) is 39.5 Å². The summed E-state index contributed by atoms with van der Waals surface area (Å²) in [5, 5.41) is 21.4. The second kappa shape index (κ2) is 11.0. The summed E-state index contributed by atoms with van der Waals surface area (Å²) in [5.41, 5.74) is 0. The quantitative estimate of drug-likeness (QED) is 0.444. The van der Waals surface area contributed by atoms with E-state index in [1.807, 2.05) is 0 Å². The molecule has 0 spiro atoms. The Hall–Kier alpha value is -0.636. The first-order valence-corrected chi connectivity index (χ1v) is 3.73. The van der Waals surface area contributed by atoms with Crippen molar-refractivity contribution < 1.29 is 119 Å². The van der Waals surface area contributed by atoms with Crippen LogP contribution in [0.3, 0.4) is 0 Å². The van der Waals surface area contributed by atoms with Gasteiger partial charge in [-0.2, -0.15) is 39.5 Å². The minimum Gasteiger partial charge on any atom is -0.475 e. The summed E-state index contributed by atoms with van der Waals surface area (Å²) in [4.78, 5) is 26.7. The number of carboxylic acid groups (broad SMARTS) is 3. The first-order valence-electron chi connectivity index (χ1n) is 3.73. The fourth-order valence-corrected chi connectivity index (χ4v) is 0. The van der Waals surface area contributed by atoms with E-state index < -0.39 is 36.4 Å². The van der Waals surface area contributed by atoms with Crippen molar-refractivity contribution in [2.75, 3.05) is 0 Å². The van der Waals surface area contributed by atoms with Crippen LogP contribution in [0, 0.1) is 49.4 Å². The van der Waals surface area contributed by atoms with Crippen LogP contribution in [0.15, 0.2) is 0 Å². The molecule has 0 saturated carbocycles. The van der Waals surface area contributed by atoms with Gasteiger partial charge in [0.05, 0.1) is 0 Å². The number of rotatable bonds is 0. The predicted molar refractivity (Wildman–Crippen MR) is 41.1 cm³/mol.